The van der Waals surface area contributed by atoms with Crippen LogP contribution in [-0.2, 0) is 4.79 Å². The van der Waals surface area contributed by atoms with Gasteiger partial charge in [0.2, 0.25) is 5.91 Å². The Bertz CT molecular complexity index is 810. The lowest BCUT2D eigenvalue weighted by Crippen LogP contribution is -2.14. The van der Waals surface area contributed by atoms with Crippen LogP contribution >= 0.6 is 11.8 Å². The first kappa shape index (κ1) is 16.1. The fraction of sp³-hybridized carbons (Fsp3) is 0.188. The van der Waals surface area contributed by atoms with E-state index in [0.29, 0.717) is 28.0 Å². The first-order valence-electron chi connectivity index (χ1n) is 7.14. The SMILES string of the molecule is COc1cc(NC(=O)CSc2nc3ncccc3[nH]2)cc(OC)c1. The maximum atomic E-state index is 12.1. The molecule has 3 rings (SSSR count). The van der Waals surface area contributed by atoms with Gasteiger partial charge in [0, 0.05) is 30.1 Å². The lowest BCUT2D eigenvalue weighted by atomic mass is 10.2. The third-order valence-corrected chi connectivity index (χ3v) is 4.08. The van der Waals surface area contributed by atoms with Crippen LogP contribution in [0.5, 0.6) is 11.5 Å². The molecule has 0 saturated heterocycles. The number of benzene rings is 1. The second kappa shape index (κ2) is 7.22. The summed E-state index contributed by atoms with van der Waals surface area (Å²) < 4.78 is 10.4. The number of H-pyrrole nitrogens is 1. The zero-order valence-electron chi connectivity index (χ0n) is 13.2. The van der Waals surface area contributed by atoms with Crippen LogP contribution in [0.3, 0.4) is 0 Å². The van der Waals surface area contributed by atoms with Crippen molar-refractivity contribution in [3.63, 3.8) is 0 Å². The number of ether oxygens (including phenoxy) is 2. The normalized spacial score (nSPS) is 10.6. The minimum Gasteiger partial charge on any atom is -0.497 e. The molecule has 0 saturated carbocycles. The van der Waals surface area contributed by atoms with Crippen molar-refractivity contribution < 1.29 is 14.3 Å². The molecule has 0 radical (unpaired) electrons. The summed E-state index contributed by atoms with van der Waals surface area (Å²) in [6, 6.07) is 8.93. The van der Waals surface area contributed by atoms with E-state index in [2.05, 4.69) is 20.3 Å². The van der Waals surface area contributed by atoms with Crippen molar-refractivity contribution in [3.05, 3.63) is 36.5 Å². The van der Waals surface area contributed by atoms with Crippen LogP contribution in [0.2, 0.25) is 0 Å². The number of pyridine rings is 1. The number of fused-ring (bicyclic) bond motifs is 1. The number of aromatic nitrogens is 3. The number of hydrogen-bond donors (Lipinski definition) is 2. The molecule has 1 aromatic carbocycles. The standard InChI is InChI=1S/C16H16N4O3S/c1-22-11-6-10(7-12(8-11)23-2)18-14(21)9-24-16-19-13-4-3-5-17-15(13)20-16/h3-8H,9H2,1-2H3,(H,18,21)(H,17,19,20). The van der Waals surface area contributed by atoms with E-state index in [1.54, 1.807) is 38.6 Å². The van der Waals surface area contributed by atoms with Gasteiger partial charge < -0.3 is 19.8 Å². The number of amides is 1. The molecule has 8 heteroatoms. The summed E-state index contributed by atoms with van der Waals surface area (Å²) in [7, 11) is 3.12. The highest BCUT2D eigenvalue weighted by molar-refractivity contribution is 7.99. The van der Waals surface area contributed by atoms with E-state index in [4.69, 9.17) is 9.47 Å². The van der Waals surface area contributed by atoms with E-state index in [0.717, 1.165) is 5.52 Å². The van der Waals surface area contributed by atoms with Gasteiger partial charge in [0.05, 0.1) is 25.5 Å². The molecule has 124 valence electrons. The van der Waals surface area contributed by atoms with Crippen molar-refractivity contribution in [1.29, 1.82) is 0 Å². The molecule has 2 aromatic heterocycles. The molecule has 0 atom stereocenters. The number of rotatable bonds is 6. The van der Waals surface area contributed by atoms with Gasteiger partial charge >= 0.3 is 0 Å². The smallest absolute Gasteiger partial charge is 0.234 e. The van der Waals surface area contributed by atoms with Crippen molar-refractivity contribution in [2.45, 2.75) is 5.16 Å². The lowest BCUT2D eigenvalue weighted by Gasteiger charge is -2.09. The maximum Gasteiger partial charge on any atom is 0.234 e. The third-order valence-electron chi connectivity index (χ3n) is 3.21. The molecule has 0 aliphatic rings. The number of nitrogens with zero attached hydrogens (tertiary/aromatic N) is 2. The highest BCUT2D eigenvalue weighted by Gasteiger charge is 2.09. The topological polar surface area (TPSA) is 89.1 Å². The summed E-state index contributed by atoms with van der Waals surface area (Å²) in [5.41, 5.74) is 2.10. The molecule has 2 N–H and O–H groups in total. The molecule has 0 fully saturated rings. The van der Waals surface area contributed by atoms with Crippen LogP contribution in [0, 0.1) is 0 Å². The van der Waals surface area contributed by atoms with Crippen LogP contribution < -0.4 is 14.8 Å². The number of imidazole rings is 1. The van der Waals surface area contributed by atoms with Gasteiger partial charge in [-0.15, -0.1) is 0 Å². The molecule has 0 aliphatic heterocycles. The molecule has 0 aliphatic carbocycles. The summed E-state index contributed by atoms with van der Waals surface area (Å²) in [4.78, 5) is 23.7. The highest BCUT2D eigenvalue weighted by Crippen LogP contribution is 2.26. The number of hydrogen-bond acceptors (Lipinski definition) is 6. The summed E-state index contributed by atoms with van der Waals surface area (Å²) in [5.74, 6) is 1.30. The number of carbonyl (C=O) groups excluding carboxylic acids is 1. The van der Waals surface area contributed by atoms with E-state index < -0.39 is 0 Å². The Morgan fingerprint density at radius 3 is 2.67 bits per heavy atom. The quantitative estimate of drug-likeness (QED) is 0.668. The molecular weight excluding hydrogens is 328 g/mol. The summed E-state index contributed by atoms with van der Waals surface area (Å²) in [6.07, 6.45) is 1.68. The zero-order chi connectivity index (χ0) is 16.9. The van der Waals surface area contributed by atoms with Gasteiger partial charge in [-0.2, -0.15) is 0 Å². The van der Waals surface area contributed by atoms with Crippen LogP contribution in [0.1, 0.15) is 0 Å². The summed E-state index contributed by atoms with van der Waals surface area (Å²) >= 11 is 1.31. The van der Waals surface area contributed by atoms with Crippen molar-refractivity contribution >= 4 is 34.5 Å². The highest BCUT2D eigenvalue weighted by atomic mass is 32.2. The predicted molar refractivity (Wildman–Crippen MR) is 92.8 cm³/mol. The molecule has 2 heterocycles. The van der Waals surface area contributed by atoms with Crippen molar-refractivity contribution in [1.82, 2.24) is 15.0 Å². The van der Waals surface area contributed by atoms with Gasteiger partial charge in [-0.1, -0.05) is 11.8 Å². The fourth-order valence-corrected chi connectivity index (χ4v) is 2.78. The molecule has 0 bridgehead atoms. The van der Waals surface area contributed by atoms with E-state index in [-0.39, 0.29) is 11.7 Å². The minimum absolute atomic E-state index is 0.149. The van der Waals surface area contributed by atoms with E-state index in [1.165, 1.54) is 11.8 Å². The van der Waals surface area contributed by atoms with E-state index in [9.17, 15) is 4.79 Å². The second-order valence-electron chi connectivity index (χ2n) is 4.85. The Hall–Kier alpha value is -2.74. The van der Waals surface area contributed by atoms with Crippen molar-refractivity contribution in [2.24, 2.45) is 0 Å². The number of thioether (sulfide) groups is 1. The van der Waals surface area contributed by atoms with Crippen LogP contribution in [0.4, 0.5) is 5.69 Å². The molecular formula is C16H16N4O3S. The lowest BCUT2D eigenvalue weighted by molar-refractivity contribution is -0.113. The van der Waals surface area contributed by atoms with Crippen molar-refractivity contribution in [3.8, 4) is 11.5 Å². The monoisotopic (exact) mass is 344 g/mol. The van der Waals surface area contributed by atoms with Crippen LogP contribution in [0.15, 0.2) is 41.7 Å². The minimum atomic E-state index is -0.149. The third kappa shape index (κ3) is 3.77. The Balaban J connectivity index is 1.63. The number of anilines is 1. The van der Waals surface area contributed by atoms with Gasteiger partial charge in [-0.25, -0.2) is 9.97 Å². The average molecular weight is 344 g/mol. The van der Waals surface area contributed by atoms with Crippen LogP contribution in [-0.4, -0.2) is 40.8 Å². The number of nitrogens with one attached hydrogen (secondary N) is 2. The van der Waals surface area contributed by atoms with Crippen LogP contribution in [0.25, 0.3) is 11.2 Å². The van der Waals surface area contributed by atoms with Gasteiger partial charge in [0.25, 0.3) is 0 Å². The molecule has 1 amide bonds. The Kier molecular flexibility index (Phi) is 4.85. The average Bonchev–Trinajstić information content (AvgIpc) is 3.02. The first-order chi connectivity index (χ1) is 11.7. The molecule has 3 aromatic rings. The van der Waals surface area contributed by atoms with E-state index >= 15 is 0 Å². The van der Waals surface area contributed by atoms with Gasteiger partial charge in [-0.3, -0.25) is 4.79 Å². The summed E-state index contributed by atoms with van der Waals surface area (Å²) in [6.45, 7) is 0. The zero-order valence-corrected chi connectivity index (χ0v) is 14.0. The Morgan fingerprint density at radius 1 is 1.25 bits per heavy atom. The summed E-state index contributed by atoms with van der Waals surface area (Å²) in [5, 5.41) is 3.47. The van der Waals surface area contributed by atoms with E-state index in [1.807, 2.05) is 12.1 Å². The molecule has 0 spiro atoms. The number of aromatic amines is 1. The fourth-order valence-electron chi connectivity index (χ4n) is 2.10. The first-order valence-corrected chi connectivity index (χ1v) is 8.13. The Morgan fingerprint density at radius 2 is 2.00 bits per heavy atom. The predicted octanol–water partition coefficient (Wildman–Crippen LogP) is 2.71. The largest absolute Gasteiger partial charge is 0.497 e. The molecule has 24 heavy (non-hydrogen) atoms. The maximum absolute atomic E-state index is 12.1. The van der Waals surface area contributed by atoms with Crippen molar-refractivity contribution in [2.75, 3.05) is 25.3 Å². The van der Waals surface area contributed by atoms with Gasteiger partial charge in [-0.05, 0) is 12.1 Å². The Labute approximate surface area is 142 Å². The van der Waals surface area contributed by atoms with Gasteiger partial charge in [0.15, 0.2) is 10.8 Å². The molecule has 7 nitrogen and oxygen atoms in total. The van der Waals surface area contributed by atoms with Gasteiger partial charge in [0.1, 0.15) is 11.5 Å². The number of methoxy groups -OCH3 is 2. The molecule has 0 unspecified atom stereocenters. The number of carbonyl (C=O) groups is 1. The second-order valence-corrected chi connectivity index (χ2v) is 5.82.